The van der Waals surface area contributed by atoms with Crippen LogP contribution in [0.4, 0.5) is 0 Å². The number of carbonyl (C=O) groups is 1. The highest BCUT2D eigenvalue weighted by Gasteiger charge is 2.40. The van der Waals surface area contributed by atoms with Gasteiger partial charge >= 0.3 is 0 Å². The summed E-state index contributed by atoms with van der Waals surface area (Å²) in [6, 6.07) is 0. The average Bonchev–Trinajstić information content (AvgIpc) is 2.62. The summed E-state index contributed by atoms with van der Waals surface area (Å²) in [5.74, 6) is -0.936. The Morgan fingerprint density at radius 3 is 2.65 bits per heavy atom. The highest BCUT2D eigenvalue weighted by Crippen LogP contribution is 2.35. The summed E-state index contributed by atoms with van der Waals surface area (Å²) in [7, 11) is 0. The van der Waals surface area contributed by atoms with Crippen molar-refractivity contribution in [2.24, 2.45) is 5.73 Å². The van der Waals surface area contributed by atoms with Crippen molar-refractivity contribution in [3.05, 3.63) is 0 Å². The molecule has 2 fully saturated rings. The lowest BCUT2D eigenvalue weighted by Gasteiger charge is -2.31. The molecule has 1 aliphatic carbocycles. The number of amides is 1. The lowest BCUT2D eigenvalue weighted by Crippen LogP contribution is -2.36. The number of hydrogen-bond acceptors (Lipinski definition) is 5. The number of unbranched alkanes of at least 4 members (excludes halogenated alkanes) is 2. The summed E-state index contributed by atoms with van der Waals surface area (Å²) in [6.07, 6.45) is 8.90. The molecule has 1 saturated heterocycles. The second kappa shape index (κ2) is 7.93. The lowest BCUT2D eigenvalue weighted by molar-refractivity contribution is -0.489. The minimum Gasteiger partial charge on any atom is -0.370 e. The van der Waals surface area contributed by atoms with Gasteiger partial charge in [0.15, 0.2) is 0 Å². The first-order chi connectivity index (χ1) is 9.70. The summed E-state index contributed by atoms with van der Waals surface area (Å²) < 4.78 is 0. The molecular weight excluding hydrogens is 262 g/mol. The molecule has 0 aromatic carbocycles. The maximum Gasteiger partial charge on any atom is 0.234 e. The van der Waals surface area contributed by atoms with Gasteiger partial charge in [-0.25, -0.2) is 9.78 Å². The summed E-state index contributed by atoms with van der Waals surface area (Å²) in [5, 5.41) is 0. The van der Waals surface area contributed by atoms with Crippen LogP contribution in [0.1, 0.15) is 64.2 Å². The van der Waals surface area contributed by atoms with Gasteiger partial charge in [0.25, 0.3) is 0 Å². The maximum absolute atomic E-state index is 10.6. The Kier molecular flexibility index (Phi) is 6.22. The van der Waals surface area contributed by atoms with Crippen LogP contribution in [0.15, 0.2) is 0 Å². The van der Waals surface area contributed by atoms with Crippen molar-refractivity contribution in [3.8, 4) is 0 Å². The molecule has 1 unspecified atom stereocenters. The fourth-order valence-corrected chi connectivity index (χ4v) is 2.65. The number of rotatable bonds is 6. The Hall–Kier alpha value is -0.690. The second-order valence-corrected chi connectivity index (χ2v) is 5.71. The topological polar surface area (TPSA) is 80.0 Å². The zero-order chi connectivity index (χ0) is 14.3. The summed E-state index contributed by atoms with van der Waals surface area (Å²) in [5.41, 5.74) is 5.10. The second-order valence-electron chi connectivity index (χ2n) is 5.71. The third kappa shape index (κ3) is 5.01. The summed E-state index contributed by atoms with van der Waals surface area (Å²) in [4.78, 5) is 32.3. The predicted octanol–water partition coefficient (Wildman–Crippen LogP) is 2.36. The van der Waals surface area contributed by atoms with E-state index in [9.17, 15) is 4.79 Å². The van der Waals surface area contributed by atoms with Crippen molar-refractivity contribution < 1.29 is 24.3 Å². The Balaban J connectivity index is 1.63. The third-order valence-corrected chi connectivity index (χ3v) is 3.87. The van der Waals surface area contributed by atoms with Gasteiger partial charge in [0.2, 0.25) is 11.7 Å². The molecule has 2 rings (SSSR count). The number of hydrogen-bond donors (Lipinski definition) is 1. The van der Waals surface area contributed by atoms with Crippen LogP contribution in [0.5, 0.6) is 0 Å². The number of nitrogens with two attached hydrogens (primary N) is 1. The van der Waals surface area contributed by atoms with E-state index in [0.29, 0.717) is 13.0 Å². The Labute approximate surface area is 119 Å². The highest BCUT2D eigenvalue weighted by atomic mass is 17.3. The van der Waals surface area contributed by atoms with Gasteiger partial charge in [-0.1, -0.05) is 19.3 Å². The van der Waals surface area contributed by atoms with E-state index in [2.05, 4.69) is 0 Å². The van der Waals surface area contributed by atoms with Crippen LogP contribution >= 0.6 is 0 Å². The van der Waals surface area contributed by atoms with E-state index in [1.165, 1.54) is 6.42 Å². The van der Waals surface area contributed by atoms with E-state index in [0.717, 1.165) is 51.4 Å². The van der Waals surface area contributed by atoms with Gasteiger partial charge in [-0.3, -0.25) is 4.79 Å². The zero-order valence-electron chi connectivity index (χ0n) is 12.0. The van der Waals surface area contributed by atoms with E-state index < -0.39 is 5.79 Å². The van der Waals surface area contributed by atoms with Gasteiger partial charge in [-0.2, -0.15) is 9.78 Å². The molecule has 116 valence electrons. The fourth-order valence-electron chi connectivity index (χ4n) is 2.65. The van der Waals surface area contributed by atoms with E-state index in [1.54, 1.807) is 0 Å². The Morgan fingerprint density at radius 2 is 1.90 bits per heavy atom. The van der Waals surface area contributed by atoms with Crippen molar-refractivity contribution in [2.45, 2.75) is 76.1 Å². The summed E-state index contributed by atoms with van der Waals surface area (Å²) in [6.45, 7) is 0.386. The van der Waals surface area contributed by atoms with Crippen molar-refractivity contribution in [3.63, 3.8) is 0 Å². The van der Waals surface area contributed by atoms with Crippen molar-refractivity contribution in [2.75, 3.05) is 6.61 Å². The number of primary amides is 1. The quantitative estimate of drug-likeness (QED) is 0.599. The zero-order valence-corrected chi connectivity index (χ0v) is 12.0. The monoisotopic (exact) mass is 287 g/mol. The van der Waals surface area contributed by atoms with Crippen LogP contribution in [0, 0.1) is 0 Å². The standard InChI is InChI=1S/C14H25NO5/c15-13(16)8-4-1-3-7-12-11-17-19-14(20-18-12)9-5-2-6-10-14/h12H,1-11H2,(H2,15,16). The van der Waals surface area contributed by atoms with E-state index >= 15 is 0 Å². The predicted molar refractivity (Wildman–Crippen MR) is 71.1 cm³/mol. The lowest BCUT2D eigenvalue weighted by atomic mass is 9.94. The Bertz CT molecular complexity index is 304. The van der Waals surface area contributed by atoms with Gasteiger partial charge < -0.3 is 5.73 Å². The molecule has 2 aliphatic rings. The average molecular weight is 287 g/mol. The molecule has 6 nitrogen and oxygen atoms in total. The van der Waals surface area contributed by atoms with E-state index in [1.807, 2.05) is 0 Å². The van der Waals surface area contributed by atoms with Crippen molar-refractivity contribution in [1.82, 2.24) is 0 Å². The highest BCUT2D eigenvalue weighted by molar-refractivity contribution is 5.73. The molecule has 6 heteroatoms. The minimum atomic E-state index is -0.695. The normalized spacial score (nSPS) is 26.3. The first-order valence-corrected chi connectivity index (χ1v) is 7.64. The van der Waals surface area contributed by atoms with Crippen molar-refractivity contribution >= 4 is 5.91 Å². The van der Waals surface area contributed by atoms with Gasteiger partial charge in [0.05, 0.1) is 0 Å². The van der Waals surface area contributed by atoms with E-state index in [4.69, 9.17) is 25.3 Å². The van der Waals surface area contributed by atoms with Crippen LogP contribution in [-0.2, 0) is 24.3 Å². The van der Waals surface area contributed by atoms with E-state index in [-0.39, 0.29) is 12.0 Å². The van der Waals surface area contributed by atoms with Crippen LogP contribution in [0.25, 0.3) is 0 Å². The molecule has 1 atom stereocenters. The largest absolute Gasteiger partial charge is 0.370 e. The first-order valence-electron chi connectivity index (χ1n) is 7.64. The minimum absolute atomic E-state index is 0.107. The third-order valence-electron chi connectivity index (χ3n) is 3.87. The van der Waals surface area contributed by atoms with Gasteiger partial charge in [-0.15, -0.1) is 0 Å². The molecule has 20 heavy (non-hydrogen) atoms. The molecule has 0 aromatic heterocycles. The maximum atomic E-state index is 10.6. The smallest absolute Gasteiger partial charge is 0.234 e. The van der Waals surface area contributed by atoms with Gasteiger partial charge in [-0.05, 0) is 25.7 Å². The summed E-state index contributed by atoms with van der Waals surface area (Å²) >= 11 is 0. The van der Waals surface area contributed by atoms with Gasteiger partial charge in [0.1, 0.15) is 12.7 Å². The van der Waals surface area contributed by atoms with Crippen LogP contribution in [0.2, 0.25) is 0 Å². The molecule has 0 aromatic rings. The molecule has 0 radical (unpaired) electrons. The van der Waals surface area contributed by atoms with Crippen molar-refractivity contribution in [1.29, 1.82) is 0 Å². The first kappa shape index (κ1) is 15.7. The molecule has 1 saturated carbocycles. The molecule has 1 amide bonds. The molecule has 1 spiro atoms. The Morgan fingerprint density at radius 1 is 1.10 bits per heavy atom. The van der Waals surface area contributed by atoms with Crippen LogP contribution in [-0.4, -0.2) is 24.4 Å². The number of carbonyl (C=O) groups excluding carboxylic acids is 1. The molecule has 0 bridgehead atoms. The van der Waals surface area contributed by atoms with Gasteiger partial charge in [0, 0.05) is 19.3 Å². The van der Waals surface area contributed by atoms with Crippen LogP contribution < -0.4 is 5.73 Å². The fraction of sp³-hybridized carbons (Fsp3) is 0.929. The molecule has 1 aliphatic heterocycles. The molecule has 1 heterocycles. The SMILES string of the molecule is NC(=O)CCCCCC1COOC2(CCCCC2)OO1. The molecular formula is C14H25NO5. The molecule has 2 N–H and O–H groups in total. The van der Waals surface area contributed by atoms with Crippen LogP contribution in [0.3, 0.4) is 0 Å².